The van der Waals surface area contributed by atoms with Gasteiger partial charge in [-0.05, 0) is 44.7 Å². The van der Waals surface area contributed by atoms with Gasteiger partial charge in [0.2, 0.25) is 0 Å². The summed E-state index contributed by atoms with van der Waals surface area (Å²) >= 11 is 0. The molecule has 19 heavy (non-hydrogen) atoms. The van der Waals surface area contributed by atoms with E-state index in [4.69, 9.17) is 10.9 Å². The zero-order chi connectivity index (χ0) is 13.9. The Labute approximate surface area is 115 Å². The molecule has 0 aliphatic rings. The molecule has 0 bridgehead atoms. The largest absolute Gasteiger partial charge is 0.409 e. The van der Waals surface area contributed by atoms with Crippen LogP contribution >= 0.6 is 0 Å². The number of amidine groups is 1. The molecule has 0 amide bonds. The normalized spacial score (nSPS) is 13.4. The zero-order valence-corrected chi connectivity index (χ0v) is 11.7. The van der Waals surface area contributed by atoms with E-state index in [9.17, 15) is 0 Å². The number of hydrogen-bond donors (Lipinski definition) is 3. The summed E-state index contributed by atoms with van der Waals surface area (Å²) in [6.07, 6.45) is 4.92. The Hall–Kier alpha value is -1.55. The molecule has 1 aromatic rings. The molecule has 0 saturated carbocycles. The Bertz CT molecular complexity index is 365. The Morgan fingerprint density at radius 1 is 1.32 bits per heavy atom. The molecule has 0 spiro atoms. The van der Waals surface area contributed by atoms with Crippen LogP contribution in [0.5, 0.6) is 0 Å². The summed E-state index contributed by atoms with van der Waals surface area (Å²) in [5, 5.41) is 14.9. The highest BCUT2D eigenvalue weighted by atomic mass is 16.4. The van der Waals surface area contributed by atoms with Gasteiger partial charge in [-0.1, -0.05) is 35.5 Å². The lowest BCUT2D eigenvalue weighted by Gasteiger charge is -2.13. The van der Waals surface area contributed by atoms with E-state index in [0.29, 0.717) is 18.3 Å². The van der Waals surface area contributed by atoms with E-state index < -0.39 is 0 Å². The van der Waals surface area contributed by atoms with E-state index >= 15 is 0 Å². The molecular weight excluding hydrogens is 238 g/mol. The minimum atomic E-state index is 0.317. The molecule has 0 aromatic heterocycles. The second-order valence-electron chi connectivity index (χ2n) is 4.93. The Morgan fingerprint density at radius 2 is 2.05 bits per heavy atom. The lowest BCUT2D eigenvalue weighted by Crippen LogP contribution is -2.27. The van der Waals surface area contributed by atoms with E-state index in [1.807, 2.05) is 6.07 Å². The van der Waals surface area contributed by atoms with E-state index in [2.05, 4.69) is 41.7 Å². The maximum Gasteiger partial charge on any atom is 0.139 e. The van der Waals surface area contributed by atoms with Crippen LogP contribution in [0.4, 0.5) is 0 Å². The molecule has 1 rings (SSSR count). The van der Waals surface area contributed by atoms with Crippen LogP contribution in [0.2, 0.25) is 0 Å². The molecule has 0 aliphatic heterocycles. The second kappa shape index (κ2) is 9.39. The highest BCUT2D eigenvalue weighted by Crippen LogP contribution is 2.05. The predicted octanol–water partition coefficient (Wildman–Crippen LogP) is 2.51. The van der Waals surface area contributed by atoms with Gasteiger partial charge in [0, 0.05) is 12.5 Å². The van der Waals surface area contributed by atoms with Gasteiger partial charge in [0.05, 0.1) is 0 Å². The minimum absolute atomic E-state index is 0.317. The van der Waals surface area contributed by atoms with Crippen molar-refractivity contribution >= 4 is 5.84 Å². The quantitative estimate of drug-likeness (QED) is 0.211. The van der Waals surface area contributed by atoms with Crippen LogP contribution in [0.1, 0.15) is 38.2 Å². The maximum absolute atomic E-state index is 8.41. The van der Waals surface area contributed by atoms with Crippen molar-refractivity contribution in [2.75, 3.05) is 6.54 Å². The van der Waals surface area contributed by atoms with Crippen molar-refractivity contribution in [1.29, 1.82) is 0 Å². The molecule has 4 N–H and O–H groups in total. The van der Waals surface area contributed by atoms with Gasteiger partial charge in [0.1, 0.15) is 5.84 Å². The fourth-order valence-corrected chi connectivity index (χ4v) is 1.96. The van der Waals surface area contributed by atoms with Gasteiger partial charge in [0.25, 0.3) is 0 Å². The summed E-state index contributed by atoms with van der Waals surface area (Å²) in [5.41, 5.74) is 6.80. The standard InChI is InChI=1S/C15H25N3O/c1-13(10-11-14-7-3-2-4-8-14)17-12-6-5-9-15(16)18-19/h2-4,7-8,13,17,19H,5-6,9-12H2,1H3,(H2,16,18). The third kappa shape index (κ3) is 7.47. The van der Waals surface area contributed by atoms with Gasteiger partial charge in [-0.25, -0.2) is 0 Å². The number of oxime groups is 1. The third-order valence-electron chi connectivity index (χ3n) is 3.19. The smallest absolute Gasteiger partial charge is 0.139 e. The van der Waals surface area contributed by atoms with Crippen molar-refractivity contribution in [3.05, 3.63) is 35.9 Å². The molecular formula is C15H25N3O. The average molecular weight is 263 g/mol. The van der Waals surface area contributed by atoms with E-state index in [-0.39, 0.29) is 0 Å². The topological polar surface area (TPSA) is 70.6 Å². The molecule has 1 atom stereocenters. The van der Waals surface area contributed by atoms with Gasteiger partial charge in [-0.3, -0.25) is 0 Å². The lowest BCUT2D eigenvalue weighted by molar-refractivity contribution is 0.316. The van der Waals surface area contributed by atoms with Crippen LogP contribution in [-0.4, -0.2) is 23.6 Å². The van der Waals surface area contributed by atoms with Crippen molar-refractivity contribution in [2.24, 2.45) is 10.9 Å². The van der Waals surface area contributed by atoms with Gasteiger partial charge in [-0.2, -0.15) is 0 Å². The molecule has 0 heterocycles. The Kier molecular flexibility index (Phi) is 7.66. The van der Waals surface area contributed by atoms with Gasteiger partial charge in [0.15, 0.2) is 0 Å². The number of rotatable bonds is 9. The number of nitrogens with two attached hydrogens (primary N) is 1. The van der Waals surface area contributed by atoms with Gasteiger partial charge >= 0.3 is 0 Å². The predicted molar refractivity (Wildman–Crippen MR) is 79.5 cm³/mol. The van der Waals surface area contributed by atoms with Crippen molar-refractivity contribution < 1.29 is 5.21 Å². The number of unbranched alkanes of at least 4 members (excludes halogenated alkanes) is 1. The van der Waals surface area contributed by atoms with Gasteiger partial charge < -0.3 is 16.3 Å². The second-order valence-corrected chi connectivity index (χ2v) is 4.93. The van der Waals surface area contributed by atoms with E-state index in [1.54, 1.807) is 0 Å². The number of aryl methyl sites for hydroxylation is 1. The molecule has 1 unspecified atom stereocenters. The zero-order valence-electron chi connectivity index (χ0n) is 11.7. The number of nitrogens with one attached hydrogen (secondary N) is 1. The van der Waals surface area contributed by atoms with Crippen molar-refractivity contribution in [3.63, 3.8) is 0 Å². The first-order valence-electron chi connectivity index (χ1n) is 6.96. The van der Waals surface area contributed by atoms with Crippen LogP contribution < -0.4 is 11.1 Å². The third-order valence-corrected chi connectivity index (χ3v) is 3.19. The van der Waals surface area contributed by atoms with E-state index in [0.717, 1.165) is 32.2 Å². The Morgan fingerprint density at radius 3 is 2.74 bits per heavy atom. The lowest BCUT2D eigenvalue weighted by atomic mass is 10.1. The highest BCUT2D eigenvalue weighted by Gasteiger charge is 2.01. The number of benzene rings is 1. The molecule has 0 fully saturated rings. The SMILES string of the molecule is CC(CCc1ccccc1)NCCCCC(N)=NO. The van der Waals surface area contributed by atoms with Crippen molar-refractivity contribution in [3.8, 4) is 0 Å². The molecule has 0 aliphatic carbocycles. The molecule has 4 nitrogen and oxygen atoms in total. The summed E-state index contributed by atoms with van der Waals surface area (Å²) in [5.74, 6) is 0.317. The monoisotopic (exact) mass is 263 g/mol. The summed E-state index contributed by atoms with van der Waals surface area (Å²) in [7, 11) is 0. The first-order valence-corrected chi connectivity index (χ1v) is 6.96. The Balaban J connectivity index is 2.04. The number of hydrogen-bond acceptors (Lipinski definition) is 3. The molecule has 0 radical (unpaired) electrons. The first kappa shape index (κ1) is 15.5. The average Bonchev–Trinajstić information content (AvgIpc) is 2.45. The van der Waals surface area contributed by atoms with Crippen molar-refractivity contribution in [1.82, 2.24) is 5.32 Å². The summed E-state index contributed by atoms with van der Waals surface area (Å²) in [6, 6.07) is 11.1. The van der Waals surface area contributed by atoms with E-state index in [1.165, 1.54) is 5.56 Å². The fraction of sp³-hybridized carbons (Fsp3) is 0.533. The van der Waals surface area contributed by atoms with Crippen LogP contribution in [0.15, 0.2) is 35.5 Å². The highest BCUT2D eigenvalue weighted by molar-refractivity contribution is 5.79. The first-order chi connectivity index (χ1) is 9.22. The molecule has 1 aromatic carbocycles. The van der Waals surface area contributed by atoms with Crippen LogP contribution in [-0.2, 0) is 6.42 Å². The van der Waals surface area contributed by atoms with Crippen molar-refractivity contribution in [2.45, 2.75) is 45.1 Å². The van der Waals surface area contributed by atoms with Crippen LogP contribution in [0.25, 0.3) is 0 Å². The molecule has 0 saturated heterocycles. The molecule has 106 valence electrons. The molecule has 4 heteroatoms. The fourth-order valence-electron chi connectivity index (χ4n) is 1.96. The summed E-state index contributed by atoms with van der Waals surface area (Å²) in [6.45, 7) is 3.20. The maximum atomic E-state index is 8.41. The van der Waals surface area contributed by atoms with Crippen LogP contribution in [0.3, 0.4) is 0 Å². The minimum Gasteiger partial charge on any atom is -0.409 e. The summed E-state index contributed by atoms with van der Waals surface area (Å²) in [4.78, 5) is 0. The van der Waals surface area contributed by atoms with Gasteiger partial charge in [-0.15, -0.1) is 0 Å². The number of nitrogens with zero attached hydrogens (tertiary/aromatic N) is 1. The summed E-state index contributed by atoms with van der Waals surface area (Å²) < 4.78 is 0. The van der Waals surface area contributed by atoms with Crippen LogP contribution in [0, 0.1) is 0 Å².